The Labute approximate surface area is 114 Å². The Kier molecular flexibility index (Phi) is 4.39. The normalized spacial score (nSPS) is 24.8. The van der Waals surface area contributed by atoms with Crippen LogP contribution in [-0.2, 0) is 7.05 Å². The van der Waals surface area contributed by atoms with Crippen molar-refractivity contribution in [1.82, 2.24) is 25.4 Å². The summed E-state index contributed by atoms with van der Waals surface area (Å²) >= 11 is 0. The van der Waals surface area contributed by atoms with E-state index in [4.69, 9.17) is 0 Å². The predicted octanol–water partition coefficient (Wildman–Crippen LogP) is 1.75. The lowest BCUT2D eigenvalue weighted by Gasteiger charge is -2.29. The number of carbonyl (C=O) groups is 1. The van der Waals surface area contributed by atoms with Gasteiger partial charge in [0.2, 0.25) is 0 Å². The van der Waals surface area contributed by atoms with E-state index in [1.54, 1.807) is 6.33 Å². The number of aryl methyl sites for hydroxylation is 1. The molecule has 0 bridgehead atoms. The van der Waals surface area contributed by atoms with E-state index in [0.29, 0.717) is 12.0 Å². The van der Waals surface area contributed by atoms with Gasteiger partial charge in [0.05, 0.1) is 6.04 Å². The molecule has 2 rings (SSSR count). The number of nitrogens with zero attached hydrogens (tertiary/aromatic N) is 3. The number of aromatic nitrogens is 3. The lowest BCUT2D eigenvalue weighted by atomic mass is 9.86. The summed E-state index contributed by atoms with van der Waals surface area (Å²) < 4.78 is 1.81. The van der Waals surface area contributed by atoms with Gasteiger partial charge in [-0.25, -0.2) is 4.79 Å². The van der Waals surface area contributed by atoms with Gasteiger partial charge in [-0.3, -0.25) is 0 Å². The Morgan fingerprint density at radius 3 is 2.84 bits per heavy atom. The number of carbonyl (C=O) groups excluding carboxylic acids is 1. The van der Waals surface area contributed by atoms with Gasteiger partial charge in [-0.05, 0) is 25.7 Å². The third-order valence-corrected chi connectivity index (χ3v) is 3.91. The third-order valence-electron chi connectivity index (χ3n) is 3.91. The molecule has 6 nitrogen and oxygen atoms in total. The van der Waals surface area contributed by atoms with Crippen molar-refractivity contribution in [3.8, 4) is 0 Å². The van der Waals surface area contributed by atoms with E-state index in [0.717, 1.165) is 12.2 Å². The monoisotopic (exact) mass is 265 g/mol. The van der Waals surface area contributed by atoms with Crippen molar-refractivity contribution in [2.75, 3.05) is 0 Å². The van der Waals surface area contributed by atoms with Crippen LogP contribution in [0.15, 0.2) is 6.33 Å². The first kappa shape index (κ1) is 13.8. The van der Waals surface area contributed by atoms with Gasteiger partial charge >= 0.3 is 6.03 Å². The summed E-state index contributed by atoms with van der Waals surface area (Å²) in [6.07, 6.45) is 6.38. The van der Waals surface area contributed by atoms with Crippen molar-refractivity contribution in [3.05, 3.63) is 12.2 Å². The number of rotatable bonds is 3. The molecule has 0 aliphatic heterocycles. The molecule has 1 heterocycles. The van der Waals surface area contributed by atoms with Gasteiger partial charge in [0, 0.05) is 13.1 Å². The molecule has 0 aromatic carbocycles. The number of urea groups is 1. The van der Waals surface area contributed by atoms with E-state index in [1.807, 2.05) is 18.5 Å². The minimum atomic E-state index is -0.147. The molecular weight excluding hydrogens is 242 g/mol. The average Bonchev–Trinajstić information content (AvgIpc) is 2.78. The zero-order valence-corrected chi connectivity index (χ0v) is 11.9. The fourth-order valence-corrected chi connectivity index (χ4v) is 2.69. The van der Waals surface area contributed by atoms with Crippen LogP contribution in [-0.4, -0.2) is 26.8 Å². The number of nitrogens with one attached hydrogen (secondary N) is 2. The Hall–Kier alpha value is -1.59. The highest BCUT2D eigenvalue weighted by Gasteiger charge is 2.23. The summed E-state index contributed by atoms with van der Waals surface area (Å²) in [5, 5.41) is 13.8. The van der Waals surface area contributed by atoms with Crippen LogP contribution in [0, 0.1) is 5.92 Å². The molecule has 2 amide bonds. The van der Waals surface area contributed by atoms with Crippen LogP contribution in [0.1, 0.15) is 51.4 Å². The minimum absolute atomic E-state index is 0.116. The topological polar surface area (TPSA) is 71.8 Å². The zero-order valence-electron chi connectivity index (χ0n) is 11.9. The van der Waals surface area contributed by atoms with Crippen molar-refractivity contribution < 1.29 is 4.79 Å². The molecule has 3 atom stereocenters. The first-order valence-electron chi connectivity index (χ1n) is 6.99. The largest absolute Gasteiger partial charge is 0.335 e. The molecule has 1 fully saturated rings. The maximum Gasteiger partial charge on any atom is 0.315 e. The number of hydrogen-bond donors (Lipinski definition) is 2. The Morgan fingerprint density at radius 1 is 1.47 bits per heavy atom. The van der Waals surface area contributed by atoms with E-state index in [2.05, 4.69) is 27.8 Å². The molecule has 19 heavy (non-hydrogen) atoms. The molecule has 1 aromatic rings. The van der Waals surface area contributed by atoms with Crippen molar-refractivity contribution in [3.63, 3.8) is 0 Å². The van der Waals surface area contributed by atoms with Gasteiger partial charge in [-0.15, -0.1) is 10.2 Å². The molecule has 1 aromatic heterocycles. The third kappa shape index (κ3) is 3.45. The number of hydrogen-bond acceptors (Lipinski definition) is 3. The van der Waals surface area contributed by atoms with Crippen molar-refractivity contribution in [2.45, 2.75) is 51.6 Å². The molecule has 0 unspecified atom stereocenters. The van der Waals surface area contributed by atoms with Crippen LogP contribution in [0.2, 0.25) is 0 Å². The molecule has 1 saturated carbocycles. The van der Waals surface area contributed by atoms with Crippen LogP contribution in [0.4, 0.5) is 4.79 Å². The lowest BCUT2D eigenvalue weighted by molar-refractivity contribution is 0.218. The molecule has 1 aliphatic carbocycles. The smallest absolute Gasteiger partial charge is 0.315 e. The van der Waals surface area contributed by atoms with E-state index < -0.39 is 0 Å². The SMILES string of the molecule is C[C@H](NC(=O)N[C@@H]1CCCC[C@@H]1C)c1nncn1C. The second kappa shape index (κ2) is 6.04. The Bertz CT molecular complexity index is 430. The van der Waals surface area contributed by atoms with Gasteiger partial charge in [0.25, 0.3) is 0 Å². The van der Waals surface area contributed by atoms with Crippen molar-refractivity contribution in [2.24, 2.45) is 13.0 Å². The molecule has 0 radical (unpaired) electrons. The fraction of sp³-hybridized carbons (Fsp3) is 0.769. The van der Waals surface area contributed by atoms with Gasteiger partial charge in [0.15, 0.2) is 5.82 Å². The highest BCUT2D eigenvalue weighted by molar-refractivity contribution is 5.74. The highest BCUT2D eigenvalue weighted by atomic mass is 16.2. The zero-order chi connectivity index (χ0) is 13.8. The Morgan fingerprint density at radius 2 is 2.21 bits per heavy atom. The van der Waals surface area contributed by atoms with Gasteiger partial charge in [-0.1, -0.05) is 19.8 Å². The van der Waals surface area contributed by atoms with Gasteiger partial charge in [0.1, 0.15) is 6.33 Å². The van der Waals surface area contributed by atoms with E-state index in [9.17, 15) is 4.79 Å². The van der Waals surface area contributed by atoms with Crippen LogP contribution < -0.4 is 10.6 Å². The van der Waals surface area contributed by atoms with Crippen molar-refractivity contribution >= 4 is 6.03 Å². The van der Waals surface area contributed by atoms with E-state index >= 15 is 0 Å². The first-order valence-corrected chi connectivity index (χ1v) is 6.99. The number of amides is 2. The summed E-state index contributed by atoms with van der Waals surface area (Å²) in [6, 6.07) is 0.0288. The minimum Gasteiger partial charge on any atom is -0.335 e. The average molecular weight is 265 g/mol. The molecule has 1 aliphatic rings. The summed E-state index contributed by atoms with van der Waals surface area (Å²) in [4.78, 5) is 12.0. The molecule has 0 saturated heterocycles. The quantitative estimate of drug-likeness (QED) is 0.874. The first-order chi connectivity index (χ1) is 9.08. The molecule has 106 valence electrons. The fourth-order valence-electron chi connectivity index (χ4n) is 2.69. The predicted molar refractivity (Wildman–Crippen MR) is 72.5 cm³/mol. The van der Waals surface area contributed by atoms with Crippen molar-refractivity contribution in [1.29, 1.82) is 0 Å². The summed E-state index contributed by atoms with van der Waals surface area (Å²) in [5.74, 6) is 1.32. The molecule has 2 N–H and O–H groups in total. The molecular formula is C13H23N5O. The van der Waals surface area contributed by atoms with Gasteiger partial charge in [-0.2, -0.15) is 0 Å². The van der Waals surface area contributed by atoms with Gasteiger partial charge < -0.3 is 15.2 Å². The van der Waals surface area contributed by atoms with Crippen LogP contribution in [0.25, 0.3) is 0 Å². The maximum atomic E-state index is 12.0. The summed E-state index contributed by atoms with van der Waals surface area (Å²) in [6.45, 7) is 4.12. The molecule has 0 spiro atoms. The highest BCUT2D eigenvalue weighted by Crippen LogP contribution is 2.23. The maximum absolute atomic E-state index is 12.0. The second-order valence-electron chi connectivity index (χ2n) is 5.51. The van der Waals surface area contributed by atoms with Crippen LogP contribution in [0.5, 0.6) is 0 Å². The van der Waals surface area contributed by atoms with E-state index in [1.165, 1.54) is 19.3 Å². The van der Waals surface area contributed by atoms with E-state index in [-0.39, 0.29) is 12.1 Å². The standard InChI is InChI=1S/C13H23N5O/c1-9-6-4-5-7-11(9)16-13(19)15-10(2)12-17-14-8-18(12)3/h8-11H,4-7H2,1-3H3,(H2,15,16,19)/t9-,10-,11+/m0/s1. The molecule has 6 heteroatoms. The Balaban J connectivity index is 1.85. The second-order valence-corrected chi connectivity index (χ2v) is 5.51. The van der Waals surface area contributed by atoms with Crippen LogP contribution >= 0.6 is 0 Å². The summed E-state index contributed by atoms with van der Waals surface area (Å²) in [5.41, 5.74) is 0. The van der Waals surface area contributed by atoms with Crippen LogP contribution in [0.3, 0.4) is 0 Å². The summed E-state index contributed by atoms with van der Waals surface area (Å²) in [7, 11) is 1.87. The lowest BCUT2D eigenvalue weighted by Crippen LogP contribution is -2.46.